The number of anilines is 2. The minimum absolute atomic E-state index is 0.0534. The summed E-state index contributed by atoms with van der Waals surface area (Å²) in [5, 5.41) is 3.00. The molecule has 0 aromatic heterocycles. The largest absolute Gasteiger partial charge is 0.466 e. The lowest BCUT2D eigenvalue weighted by Crippen LogP contribution is -2.12. The molecule has 1 aromatic carbocycles. The van der Waals surface area contributed by atoms with Crippen molar-refractivity contribution in [2.24, 2.45) is 0 Å². The molecule has 0 atom stereocenters. The van der Waals surface area contributed by atoms with E-state index in [4.69, 9.17) is 21.3 Å². The highest BCUT2D eigenvalue weighted by Gasteiger charge is 2.10. The molecule has 0 unspecified atom stereocenters. The molecule has 120 valence electrons. The molecular weight excluding hydrogens is 308 g/mol. The summed E-state index contributed by atoms with van der Waals surface area (Å²) in [7, 11) is 0. The smallest absolute Gasteiger partial charge is 0.332 e. The summed E-state index contributed by atoms with van der Waals surface area (Å²) in [6.07, 6.45) is 1.19. The molecule has 6 nitrogen and oxygen atoms in total. The fourth-order valence-electron chi connectivity index (χ4n) is 1.63. The number of ether oxygens (including phenoxy) is 2. The van der Waals surface area contributed by atoms with E-state index in [1.54, 1.807) is 38.1 Å². The van der Waals surface area contributed by atoms with Crippen molar-refractivity contribution in [3.05, 3.63) is 36.0 Å². The van der Waals surface area contributed by atoms with Crippen molar-refractivity contribution in [2.45, 2.75) is 20.3 Å². The Morgan fingerprint density at radius 1 is 1.09 bits per heavy atom. The Hall–Kier alpha value is -2.21. The van der Waals surface area contributed by atoms with E-state index in [0.717, 1.165) is 5.69 Å². The second-order valence-corrected chi connectivity index (χ2v) is 4.39. The maximum atomic E-state index is 11.6. The highest BCUT2D eigenvalue weighted by atomic mass is 35.5. The van der Waals surface area contributed by atoms with E-state index in [-0.39, 0.29) is 19.6 Å². The van der Waals surface area contributed by atoms with Crippen molar-refractivity contribution in [2.75, 3.05) is 23.4 Å². The van der Waals surface area contributed by atoms with Crippen LogP contribution in [0.15, 0.2) is 36.0 Å². The maximum Gasteiger partial charge on any atom is 0.332 e. The van der Waals surface area contributed by atoms with Crippen LogP contribution >= 0.6 is 11.8 Å². The molecule has 7 heteroatoms. The Labute approximate surface area is 134 Å². The zero-order valence-corrected chi connectivity index (χ0v) is 13.3. The minimum atomic E-state index is -0.520. The zero-order chi connectivity index (χ0) is 16.4. The SMILES string of the molecule is CCOC(=O)/C=C(/CC(=O)OCC)Nc1ccc(NCl)cc1. The van der Waals surface area contributed by atoms with Crippen LogP contribution in [0.5, 0.6) is 0 Å². The molecule has 0 radical (unpaired) electrons. The predicted molar refractivity (Wildman–Crippen MR) is 85.5 cm³/mol. The van der Waals surface area contributed by atoms with Gasteiger partial charge in [-0.2, -0.15) is 0 Å². The molecule has 0 aliphatic rings. The number of hydrogen-bond donors (Lipinski definition) is 2. The van der Waals surface area contributed by atoms with Crippen LogP contribution in [0.1, 0.15) is 20.3 Å². The van der Waals surface area contributed by atoms with Gasteiger partial charge >= 0.3 is 11.9 Å². The average Bonchev–Trinajstić information content (AvgIpc) is 2.48. The van der Waals surface area contributed by atoms with Crippen molar-refractivity contribution < 1.29 is 19.1 Å². The first-order chi connectivity index (χ1) is 10.6. The number of hydrogen-bond acceptors (Lipinski definition) is 6. The Kier molecular flexibility index (Phi) is 7.85. The van der Waals surface area contributed by atoms with E-state index in [9.17, 15) is 9.59 Å². The number of benzene rings is 1. The number of halogens is 1. The van der Waals surface area contributed by atoms with Crippen molar-refractivity contribution in [1.82, 2.24) is 0 Å². The van der Waals surface area contributed by atoms with Crippen LogP contribution in [0.25, 0.3) is 0 Å². The fourth-order valence-corrected chi connectivity index (χ4v) is 1.75. The lowest BCUT2D eigenvalue weighted by Gasteiger charge is -2.11. The molecule has 0 aliphatic carbocycles. The Morgan fingerprint density at radius 3 is 2.23 bits per heavy atom. The standard InChI is InChI=1S/C15H19ClN2O4/c1-3-21-14(19)9-13(10-15(20)22-4-2)17-11-5-7-12(18-16)8-6-11/h5-9,17-18H,3-4,10H2,1-2H3/b13-9-. The summed E-state index contributed by atoms with van der Waals surface area (Å²) >= 11 is 5.49. The van der Waals surface area contributed by atoms with Crippen molar-refractivity contribution in [3.8, 4) is 0 Å². The molecule has 0 saturated heterocycles. The second-order valence-electron chi connectivity index (χ2n) is 4.20. The van der Waals surface area contributed by atoms with Gasteiger partial charge in [0.15, 0.2) is 0 Å². The quantitative estimate of drug-likeness (QED) is 0.434. The number of carbonyl (C=O) groups is 2. The summed E-state index contributed by atoms with van der Waals surface area (Å²) in [5.41, 5.74) is 1.83. The van der Waals surface area contributed by atoms with Crippen LogP contribution in [0.2, 0.25) is 0 Å². The third kappa shape index (κ3) is 6.49. The van der Waals surface area contributed by atoms with Gasteiger partial charge in [-0.05, 0) is 38.1 Å². The first-order valence-corrected chi connectivity index (χ1v) is 7.23. The molecule has 0 spiro atoms. The van der Waals surface area contributed by atoms with Crippen molar-refractivity contribution >= 4 is 35.1 Å². The average molecular weight is 327 g/mol. The summed E-state index contributed by atoms with van der Waals surface area (Å²) in [6.45, 7) is 3.97. The predicted octanol–water partition coefficient (Wildman–Crippen LogP) is 3.06. The van der Waals surface area contributed by atoms with Gasteiger partial charge in [0.2, 0.25) is 0 Å². The summed E-state index contributed by atoms with van der Waals surface area (Å²) in [4.78, 5) is 25.7. The number of esters is 2. The molecule has 1 aromatic rings. The lowest BCUT2D eigenvalue weighted by molar-refractivity contribution is -0.142. The highest BCUT2D eigenvalue weighted by Crippen LogP contribution is 2.17. The maximum absolute atomic E-state index is 11.6. The van der Waals surface area contributed by atoms with E-state index < -0.39 is 11.9 Å². The Morgan fingerprint density at radius 2 is 1.68 bits per heavy atom. The molecule has 0 aliphatic heterocycles. The third-order valence-electron chi connectivity index (χ3n) is 2.52. The summed E-state index contributed by atoms with van der Waals surface area (Å²) < 4.78 is 9.74. The van der Waals surface area contributed by atoms with E-state index in [1.165, 1.54) is 6.08 Å². The first-order valence-electron chi connectivity index (χ1n) is 6.85. The second kappa shape index (κ2) is 9.68. The van der Waals surface area contributed by atoms with E-state index >= 15 is 0 Å². The molecule has 0 saturated carbocycles. The van der Waals surface area contributed by atoms with E-state index in [0.29, 0.717) is 11.4 Å². The normalized spacial score (nSPS) is 10.8. The Balaban J connectivity index is 2.83. The third-order valence-corrected chi connectivity index (χ3v) is 2.74. The van der Waals surface area contributed by atoms with E-state index in [1.807, 2.05) is 0 Å². The number of carbonyl (C=O) groups excluding carboxylic acids is 2. The molecule has 0 amide bonds. The van der Waals surface area contributed by atoms with Gasteiger partial charge in [0.05, 0.1) is 19.6 Å². The summed E-state index contributed by atoms with van der Waals surface area (Å²) in [5.74, 6) is -0.946. The first kappa shape index (κ1) is 17.8. The summed E-state index contributed by atoms with van der Waals surface area (Å²) in [6, 6.07) is 7.02. The van der Waals surface area contributed by atoms with Gasteiger partial charge in [-0.25, -0.2) is 4.79 Å². The van der Waals surface area contributed by atoms with Gasteiger partial charge in [0, 0.05) is 34.9 Å². The molecule has 22 heavy (non-hydrogen) atoms. The molecule has 2 N–H and O–H groups in total. The topological polar surface area (TPSA) is 76.7 Å². The number of rotatable bonds is 8. The van der Waals surface area contributed by atoms with Crippen LogP contribution in [0.3, 0.4) is 0 Å². The molecule has 0 heterocycles. The monoisotopic (exact) mass is 326 g/mol. The van der Waals surface area contributed by atoms with Gasteiger partial charge < -0.3 is 14.8 Å². The molecule has 0 fully saturated rings. The molecular formula is C15H19ClN2O4. The highest BCUT2D eigenvalue weighted by molar-refractivity contribution is 6.23. The zero-order valence-electron chi connectivity index (χ0n) is 12.5. The minimum Gasteiger partial charge on any atom is -0.466 e. The van der Waals surface area contributed by atoms with Crippen LogP contribution in [-0.4, -0.2) is 25.2 Å². The van der Waals surface area contributed by atoms with Crippen LogP contribution in [0.4, 0.5) is 11.4 Å². The number of nitrogens with one attached hydrogen (secondary N) is 2. The Bertz CT molecular complexity index is 529. The van der Waals surface area contributed by atoms with Gasteiger partial charge in [-0.15, -0.1) is 0 Å². The van der Waals surface area contributed by atoms with Crippen molar-refractivity contribution in [1.29, 1.82) is 0 Å². The van der Waals surface area contributed by atoms with Gasteiger partial charge in [-0.3, -0.25) is 9.63 Å². The lowest BCUT2D eigenvalue weighted by atomic mass is 10.2. The van der Waals surface area contributed by atoms with Crippen molar-refractivity contribution in [3.63, 3.8) is 0 Å². The van der Waals surface area contributed by atoms with Gasteiger partial charge in [0.25, 0.3) is 0 Å². The van der Waals surface area contributed by atoms with Crippen LogP contribution in [0, 0.1) is 0 Å². The molecule has 0 bridgehead atoms. The fraction of sp³-hybridized carbons (Fsp3) is 0.333. The van der Waals surface area contributed by atoms with Crippen LogP contribution in [-0.2, 0) is 19.1 Å². The molecule has 1 rings (SSSR count). The van der Waals surface area contributed by atoms with Gasteiger partial charge in [0.1, 0.15) is 0 Å². The van der Waals surface area contributed by atoms with Gasteiger partial charge in [-0.1, -0.05) is 0 Å². The van der Waals surface area contributed by atoms with Crippen LogP contribution < -0.4 is 10.2 Å². The van der Waals surface area contributed by atoms with E-state index in [2.05, 4.69) is 10.2 Å².